The van der Waals surface area contributed by atoms with Gasteiger partial charge in [-0.15, -0.1) is 11.8 Å². The van der Waals surface area contributed by atoms with Crippen molar-refractivity contribution in [2.24, 2.45) is 5.92 Å². The van der Waals surface area contributed by atoms with Crippen molar-refractivity contribution in [3.05, 3.63) is 99.4 Å². The molecule has 1 saturated heterocycles. The van der Waals surface area contributed by atoms with E-state index in [0.717, 1.165) is 22.6 Å². The number of aromatic carboxylic acids is 1. The van der Waals surface area contributed by atoms with E-state index in [-0.39, 0.29) is 44.3 Å². The molecule has 9 nitrogen and oxygen atoms in total. The van der Waals surface area contributed by atoms with E-state index in [0.29, 0.717) is 58.0 Å². The molecule has 0 spiro atoms. The number of thiocarbonyl (C=S) groups is 1. The van der Waals surface area contributed by atoms with E-state index in [4.69, 9.17) is 16.6 Å². The number of carboxylic acids is 1. The third-order valence-corrected chi connectivity index (χ3v) is 10.5. The molecule has 11 heteroatoms. The first-order valence-electron chi connectivity index (χ1n) is 15.8. The molecular formula is C37H35N3O6S2. The molecule has 3 aliphatic heterocycles. The molecule has 3 atom stereocenters. The highest BCUT2D eigenvalue weighted by Gasteiger charge is 2.40. The molecule has 7 rings (SSSR count). The van der Waals surface area contributed by atoms with Crippen molar-refractivity contribution in [2.45, 2.75) is 49.3 Å². The maximum Gasteiger partial charge on any atom is 0.336 e. The van der Waals surface area contributed by atoms with Gasteiger partial charge in [-0.2, -0.15) is 0 Å². The Bertz CT molecular complexity index is 2120. The predicted octanol–water partition coefficient (Wildman–Crippen LogP) is 6.52. The maximum atomic E-state index is 13.6. The average Bonchev–Trinajstić information content (AvgIpc) is 3.03. The van der Waals surface area contributed by atoms with Gasteiger partial charge in [0.05, 0.1) is 11.6 Å². The van der Waals surface area contributed by atoms with Gasteiger partial charge in [0, 0.05) is 81.0 Å². The molecule has 0 bridgehead atoms. The molecule has 3 unspecified atom stereocenters. The van der Waals surface area contributed by atoms with Crippen LogP contribution in [0.25, 0.3) is 33.4 Å². The molecule has 3 aromatic rings. The lowest BCUT2D eigenvalue weighted by Crippen LogP contribution is -3.09. The van der Waals surface area contributed by atoms with Crippen LogP contribution in [-0.4, -0.2) is 50.1 Å². The zero-order chi connectivity index (χ0) is 33.9. The summed E-state index contributed by atoms with van der Waals surface area (Å²) in [5.74, 6) is -0.732. The number of thioether (sulfide) groups is 1. The first-order chi connectivity index (χ1) is 22.8. The number of benzene rings is 4. The van der Waals surface area contributed by atoms with E-state index in [9.17, 15) is 25.0 Å². The van der Waals surface area contributed by atoms with Gasteiger partial charge in [0.2, 0.25) is 0 Å². The van der Waals surface area contributed by atoms with Crippen LogP contribution in [0, 0.1) is 11.1 Å². The number of carboxylic acid groups (broad SMARTS) is 1. The summed E-state index contributed by atoms with van der Waals surface area (Å²) in [6, 6.07) is 20.3. The summed E-state index contributed by atoms with van der Waals surface area (Å²) in [5, 5.41) is 38.6. The zero-order valence-electron chi connectivity index (χ0n) is 26.7. The van der Waals surface area contributed by atoms with Crippen LogP contribution >= 0.6 is 24.0 Å². The van der Waals surface area contributed by atoms with E-state index >= 15 is 0 Å². The summed E-state index contributed by atoms with van der Waals surface area (Å²) in [5.41, 5.74) is 4.12. The number of nitrogens with one attached hydrogen (secondary N) is 2. The lowest BCUT2D eigenvalue weighted by Gasteiger charge is -2.47. The number of piperidine rings is 1. The molecular weight excluding hydrogens is 647 g/mol. The van der Waals surface area contributed by atoms with Gasteiger partial charge < -0.3 is 35.1 Å². The van der Waals surface area contributed by atoms with Crippen molar-refractivity contribution in [3.8, 4) is 28.2 Å². The highest BCUT2D eigenvalue weighted by molar-refractivity contribution is 8.00. The number of phenols is 1. The highest BCUT2D eigenvalue weighted by Crippen LogP contribution is 2.42. The number of carbonyl (C=O) groups is 1. The Balaban J connectivity index is 1.14. The summed E-state index contributed by atoms with van der Waals surface area (Å²) < 4.78 is 5.99. The number of hydrogen-bond donors (Lipinski definition) is 4. The molecule has 0 aromatic heterocycles. The number of hydrogen-bond acceptors (Lipinski definition) is 7. The quantitative estimate of drug-likeness (QED) is 0.0720. The number of rotatable bonds is 4. The summed E-state index contributed by atoms with van der Waals surface area (Å²) in [6.07, 6.45) is 1.50. The van der Waals surface area contributed by atoms with Gasteiger partial charge in [-0.3, -0.25) is 4.79 Å². The van der Waals surface area contributed by atoms with Crippen molar-refractivity contribution < 1.29 is 24.5 Å². The number of quaternary nitrogens is 1. The van der Waals surface area contributed by atoms with E-state index in [1.54, 1.807) is 42.1 Å². The Morgan fingerprint density at radius 2 is 1.85 bits per heavy atom. The van der Waals surface area contributed by atoms with Gasteiger partial charge in [-0.25, -0.2) is 4.79 Å². The van der Waals surface area contributed by atoms with E-state index in [2.05, 4.69) is 49.2 Å². The van der Waals surface area contributed by atoms with Crippen LogP contribution in [0.1, 0.15) is 43.1 Å². The number of aromatic hydroxyl groups is 1. The fourth-order valence-electron chi connectivity index (χ4n) is 7.00. The smallest absolute Gasteiger partial charge is 0.336 e. The molecule has 0 radical (unpaired) electrons. The van der Waals surface area contributed by atoms with E-state index in [1.807, 2.05) is 0 Å². The van der Waals surface area contributed by atoms with Crippen LogP contribution in [-0.2, 0) is 6.42 Å². The van der Waals surface area contributed by atoms with Crippen LogP contribution in [0.5, 0.6) is 5.75 Å². The van der Waals surface area contributed by atoms with Gasteiger partial charge in [-0.05, 0) is 66.7 Å². The molecule has 48 heavy (non-hydrogen) atoms. The van der Waals surface area contributed by atoms with Gasteiger partial charge >= 0.3 is 5.97 Å². The van der Waals surface area contributed by atoms with Crippen molar-refractivity contribution in [2.75, 3.05) is 18.4 Å². The predicted molar refractivity (Wildman–Crippen MR) is 193 cm³/mol. The second kappa shape index (κ2) is 12.2. The van der Waals surface area contributed by atoms with E-state index < -0.39 is 5.97 Å². The van der Waals surface area contributed by atoms with Gasteiger partial charge in [-0.1, -0.05) is 32.9 Å². The third-order valence-electron chi connectivity index (χ3n) is 9.06. The summed E-state index contributed by atoms with van der Waals surface area (Å²) >= 11 is 7.59. The van der Waals surface area contributed by atoms with Crippen LogP contribution < -0.4 is 15.8 Å². The Hall–Kier alpha value is -4.42. The van der Waals surface area contributed by atoms with Gasteiger partial charge in [0.15, 0.2) is 10.5 Å². The summed E-state index contributed by atoms with van der Waals surface area (Å²) in [7, 11) is 0. The first kappa shape index (κ1) is 32.1. The lowest BCUT2D eigenvalue weighted by atomic mass is 9.82. The number of likely N-dealkylation sites (tertiary alicyclic amines) is 1. The van der Waals surface area contributed by atoms with Gasteiger partial charge in [0.25, 0.3) is 0 Å². The molecule has 4 N–H and O–H groups in total. The number of hydroxylamine groups is 1. The van der Waals surface area contributed by atoms with Gasteiger partial charge in [0.1, 0.15) is 22.8 Å². The molecule has 0 amide bonds. The second-order valence-electron chi connectivity index (χ2n) is 13.5. The lowest BCUT2D eigenvalue weighted by molar-refractivity contribution is -0.817. The third kappa shape index (κ3) is 6.14. The minimum absolute atomic E-state index is 0.0171. The molecule has 4 aliphatic rings. The number of fused-ring (bicyclic) bond motifs is 4. The minimum atomic E-state index is -1.13. The van der Waals surface area contributed by atoms with Crippen molar-refractivity contribution in [1.82, 2.24) is 4.90 Å². The molecule has 1 fully saturated rings. The van der Waals surface area contributed by atoms with E-state index in [1.165, 1.54) is 24.3 Å². The fourth-order valence-corrected chi connectivity index (χ4v) is 8.30. The second-order valence-corrected chi connectivity index (χ2v) is 15.8. The van der Waals surface area contributed by atoms with Crippen LogP contribution in [0.2, 0.25) is 0 Å². The highest BCUT2D eigenvalue weighted by atomic mass is 32.2. The fraction of sp³-hybridized carbons (Fsp3) is 0.270. The Kier molecular flexibility index (Phi) is 8.19. The molecule has 0 saturated carbocycles. The maximum absolute atomic E-state index is 13.6. The Labute approximate surface area is 287 Å². The molecule has 246 valence electrons. The molecule has 3 heterocycles. The summed E-state index contributed by atoms with van der Waals surface area (Å²) in [6.45, 7) is 7.75. The largest absolute Gasteiger partial charge is 0.629 e. The Morgan fingerprint density at radius 1 is 1.06 bits per heavy atom. The van der Waals surface area contributed by atoms with Crippen LogP contribution in [0.4, 0.5) is 11.4 Å². The average molecular weight is 682 g/mol. The molecule has 1 aliphatic carbocycles. The monoisotopic (exact) mass is 681 g/mol. The SMILES string of the molecule is CC(C)(C)Sc1ccc2c(c1)[NH+]([O-])C1CCN(C(=S)Nc3ccc(-c4c5ccc(=O)cc-5oc5cc(O)ccc45)c(C(=O)O)c3)CC1C2. The van der Waals surface area contributed by atoms with Crippen molar-refractivity contribution in [1.29, 1.82) is 0 Å². The Morgan fingerprint density at radius 3 is 2.62 bits per heavy atom. The van der Waals surface area contributed by atoms with Crippen molar-refractivity contribution in [3.63, 3.8) is 0 Å². The minimum Gasteiger partial charge on any atom is -0.629 e. The number of anilines is 1. The number of phenolic OH excluding ortho intramolecular Hbond substituents is 1. The first-order valence-corrected chi connectivity index (χ1v) is 17.1. The molecule has 3 aromatic carbocycles. The van der Waals surface area contributed by atoms with Crippen molar-refractivity contribution >= 4 is 57.4 Å². The van der Waals surface area contributed by atoms with Crippen LogP contribution in [0.3, 0.4) is 0 Å². The summed E-state index contributed by atoms with van der Waals surface area (Å²) in [4.78, 5) is 28.0. The topological polar surface area (TPSA) is 131 Å². The van der Waals surface area contributed by atoms with Crippen LogP contribution in [0.15, 0.2) is 86.9 Å². The zero-order valence-corrected chi connectivity index (χ0v) is 28.3. The normalized spacial score (nSPS) is 19.2. The number of nitrogens with zero attached hydrogens (tertiary/aromatic N) is 1. The standard InChI is InChI=1S/C37H35N3O6S2/c1-37(2,3)48-25-8-4-20-14-21-19-39(13-12-30(21)40(45)31(20)18-25)36(47)38-22-5-9-26(29(15-22)35(43)44)34-27-10-6-23(41)16-32(27)46-33-17-24(42)7-11-28(33)34/h4-11,15-18,21,30,40-41H,12-14,19H2,1-3H3,(H,38,47)(H,43,44).